The number of benzene rings is 4. The summed E-state index contributed by atoms with van der Waals surface area (Å²) < 4.78 is 22.5. The van der Waals surface area contributed by atoms with Gasteiger partial charge in [-0.15, -0.1) is 0 Å². The largest absolute Gasteiger partial charge is 0.496 e. The van der Waals surface area contributed by atoms with Crippen LogP contribution in [0.2, 0.25) is 0 Å². The smallest absolute Gasteiger partial charge is 0.340 e. The Kier molecular flexibility index (Phi) is 9.48. The fraction of sp³-hybridized carbons (Fsp3) is 0.167. The highest BCUT2D eigenvalue weighted by molar-refractivity contribution is 7.83. The van der Waals surface area contributed by atoms with Crippen LogP contribution in [0.1, 0.15) is 13.8 Å². The maximum atomic E-state index is 13.7. The van der Waals surface area contributed by atoms with E-state index in [9.17, 15) is 9.59 Å². The number of hydrogen-bond acceptors (Lipinski definition) is 10. The molecule has 0 saturated carbocycles. The number of methoxy groups -OCH3 is 2. The summed E-state index contributed by atoms with van der Waals surface area (Å²) >= 11 is 11.0. The average molecular weight is 709 g/mol. The van der Waals surface area contributed by atoms with Crippen molar-refractivity contribution in [3.05, 3.63) is 84.9 Å². The number of carbonyl (C=O) groups excluding carboxylic acids is 2. The van der Waals surface area contributed by atoms with Gasteiger partial charge in [0.1, 0.15) is 23.0 Å². The first-order valence-electron chi connectivity index (χ1n) is 15.5. The predicted octanol–water partition coefficient (Wildman–Crippen LogP) is 7.67. The third-order valence-electron chi connectivity index (χ3n) is 8.01. The fourth-order valence-electron chi connectivity index (χ4n) is 5.70. The molecule has 4 aromatic rings. The van der Waals surface area contributed by atoms with Gasteiger partial charge in [-0.05, 0) is 86.6 Å². The Morgan fingerprint density at radius 1 is 0.540 bits per heavy atom. The number of carbonyl (C=O) groups is 2. The summed E-state index contributed by atoms with van der Waals surface area (Å²) in [6, 6.07) is 23.0. The maximum absolute atomic E-state index is 13.7. The van der Waals surface area contributed by atoms with Crippen LogP contribution in [0.25, 0.3) is 11.1 Å². The Labute approximate surface area is 299 Å². The van der Waals surface area contributed by atoms with E-state index in [0.717, 1.165) is 0 Å². The summed E-state index contributed by atoms with van der Waals surface area (Å²) in [6.07, 6.45) is 0. The van der Waals surface area contributed by atoms with Crippen LogP contribution in [0.3, 0.4) is 0 Å². The van der Waals surface area contributed by atoms with Crippen molar-refractivity contribution in [2.45, 2.75) is 13.8 Å². The molecule has 0 spiro atoms. The number of hydrogen-bond donors (Lipinski definition) is 2. The molecule has 2 N–H and O–H groups in total. The van der Waals surface area contributed by atoms with Gasteiger partial charge < -0.3 is 18.9 Å². The van der Waals surface area contributed by atoms with Crippen LogP contribution < -0.4 is 38.5 Å². The minimum atomic E-state index is -0.504. The number of anilines is 4. The maximum Gasteiger partial charge on any atom is 0.340 e. The molecule has 0 radical (unpaired) electrons. The second-order valence-electron chi connectivity index (χ2n) is 10.8. The summed E-state index contributed by atoms with van der Waals surface area (Å²) in [5.74, 6) is 1.81. The van der Waals surface area contributed by atoms with Crippen molar-refractivity contribution in [1.29, 1.82) is 10.8 Å². The van der Waals surface area contributed by atoms with Gasteiger partial charge in [-0.1, -0.05) is 24.4 Å². The van der Waals surface area contributed by atoms with Gasteiger partial charge in [0.15, 0.2) is 21.6 Å². The standard InChI is InChI=1S/C36H32N6O6S2/c1-5-47-25-13-7-21(8-14-25)41-33(49)31(37)39(35(41)43)23-11-17-27(29(19-23)45-3)28-18-12-24(20-30(28)46-4)40-32(38)34(50)42(36(40)44)22-9-15-26(16-10-22)48-6-2/h7-20,37-38H,5-6H2,1-4H3. The molecule has 0 bridgehead atoms. The Morgan fingerprint density at radius 3 is 1.20 bits per heavy atom. The van der Waals surface area contributed by atoms with Crippen LogP contribution in [0.4, 0.5) is 32.3 Å². The van der Waals surface area contributed by atoms with Crippen molar-refractivity contribution in [2.24, 2.45) is 0 Å². The van der Waals surface area contributed by atoms with E-state index >= 15 is 0 Å². The molecule has 50 heavy (non-hydrogen) atoms. The van der Waals surface area contributed by atoms with E-state index in [1.807, 2.05) is 13.8 Å². The van der Waals surface area contributed by atoms with Crippen LogP contribution in [0.15, 0.2) is 84.9 Å². The lowest BCUT2D eigenvalue weighted by molar-refractivity contribution is 0.256. The molecule has 0 aliphatic carbocycles. The molecular formula is C36H32N6O6S2. The zero-order chi connectivity index (χ0) is 35.7. The molecular weight excluding hydrogens is 677 g/mol. The zero-order valence-corrected chi connectivity index (χ0v) is 29.2. The molecule has 4 aromatic carbocycles. The SMILES string of the molecule is CCOc1ccc(N2C(=O)N(c3ccc(-c4ccc(N5C(=N)C(=S)N(c6ccc(OCC)cc6)C5=O)cc4OC)c(OC)c3)C(=N)C2=S)cc1. The Morgan fingerprint density at radius 2 is 0.880 bits per heavy atom. The van der Waals surface area contributed by atoms with E-state index in [0.29, 0.717) is 70.1 Å². The summed E-state index contributed by atoms with van der Waals surface area (Å²) in [4.78, 5) is 32.5. The molecule has 2 aliphatic rings. The second kappa shape index (κ2) is 13.9. The third-order valence-corrected chi connectivity index (χ3v) is 8.76. The molecule has 14 heteroatoms. The van der Waals surface area contributed by atoms with Gasteiger partial charge in [0.25, 0.3) is 0 Å². The van der Waals surface area contributed by atoms with Crippen LogP contribution >= 0.6 is 24.4 Å². The highest BCUT2D eigenvalue weighted by atomic mass is 32.1. The van der Waals surface area contributed by atoms with E-state index in [-0.39, 0.29) is 21.6 Å². The Balaban J connectivity index is 1.28. The molecule has 2 fully saturated rings. The quantitative estimate of drug-likeness (QED) is 0.152. The molecule has 2 aliphatic heterocycles. The summed E-state index contributed by atoms with van der Waals surface area (Å²) in [7, 11) is 3.00. The number of amides is 4. The van der Waals surface area contributed by atoms with E-state index < -0.39 is 12.1 Å². The average Bonchev–Trinajstić information content (AvgIpc) is 3.49. The highest BCUT2D eigenvalue weighted by Gasteiger charge is 2.42. The lowest BCUT2D eigenvalue weighted by Gasteiger charge is -2.21. The zero-order valence-electron chi connectivity index (χ0n) is 27.6. The number of nitrogens with zero attached hydrogens (tertiary/aromatic N) is 4. The number of urea groups is 2. The number of nitrogens with one attached hydrogen (secondary N) is 2. The fourth-order valence-corrected chi connectivity index (χ4v) is 6.25. The van der Waals surface area contributed by atoms with Crippen molar-refractivity contribution < 1.29 is 28.5 Å². The predicted molar refractivity (Wildman–Crippen MR) is 202 cm³/mol. The topological polar surface area (TPSA) is 132 Å². The molecule has 0 aromatic heterocycles. The monoisotopic (exact) mass is 708 g/mol. The first-order valence-corrected chi connectivity index (χ1v) is 16.3. The number of amidine groups is 2. The molecule has 6 rings (SSSR count). The van der Waals surface area contributed by atoms with Crippen molar-refractivity contribution in [3.63, 3.8) is 0 Å². The van der Waals surface area contributed by atoms with Gasteiger partial charge in [-0.3, -0.25) is 10.8 Å². The van der Waals surface area contributed by atoms with Gasteiger partial charge in [0.05, 0.1) is 50.2 Å². The van der Waals surface area contributed by atoms with Crippen molar-refractivity contribution in [1.82, 2.24) is 0 Å². The van der Waals surface area contributed by atoms with E-state index in [1.165, 1.54) is 33.8 Å². The van der Waals surface area contributed by atoms with Crippen LogP contribution in [0, 0.1) is 10.8 Å². The molecule has 0 unspecified atom stereocenters. The van der Waals surface area contributed by atoms with E-state index in [1.54, 1.807) is 84.9 Å². The second-order valence-corrected chi connectivity index (χ2v) is 11.6. The van der Waals surface area contributed by atoms with E-state index in [2.05, 4.69) is 0 Å². The van der Waals surface area contributed by atoms with Gasteiger partial charge in [-0.2, -0.15) is 0 Å². The van der Waals surface area contributed by atoms with Gasteiger partial charge in [0.2, 0.25) is 0 Å². The Hall–Kier alpha value is -5.86. The molecule has 12 nitrogen and oxygen atoms in total. The normalized spacial score (nSPS) is 14.6. The summed E-state index contributed by atoms with van der Waals surface area (Å²) in [5, 5.41) is 17.4. The molecule has 254 valence electrons. The van der Waals surface area contributed by atoms with Gasteiger partial charge >= 0.3 is 12.1 Å². The van der Waals surface area contributed by atoms with Crippen LogP contribution in [-0.2, 0) is 0 Å². The Bertz CT molecular complexity index is 1910. The minimum Gasteiger partial charge on any atom is -0.496 e. The van der Waals surface area contributed by atoms with Crippen LogP contribution in [-0.4, -0.2) is 61.1 Å². The number of thiocarbonyl (C=S) groups is 2. The highest BCUT2D eigenvalue weighted by Crippen LogP contribution is 2.42. The van der Waals surface area contributed by atoms with Crippen molar-refractivity contribution in [3.8, 4) is 34.1 Å². The van der Waals surface area contributed by atoms with Gasteiger partial charge in [-0.25, -0.2) is 29.2 Å². The number of rotatable bonds is 11. The lowest BCUT2D eigenvalue weighted by Crippen LogP contribution is -2.33. The molecule has 4 amide bonds. The van der Waals surface area contributed by atoms with Crippen LogP contribution in [0.5, 0.6) is 23.0 Å². The number of ether oxygens (including phenoxy) is 4. The van der Waals surface area contributed by atoms with Crippen molar-refractivity contribution >= 4 is 80.9 Å². The first-order chi connectivity index (χ1) is 24.1. The lowest BCUT2D eigenvalue weighted by atomic mass is 10.0. The first kappa shape index (κ1) is 34.0. The summed E-state index contributed by atoms with van der Waals surface area (Å²) in [5.41, 5.74) is 3.03. The van der Waals surface area contributed by atoms with Gasteiger partial charge in [0, 0.05) is 23.3 Å². The summed E-state index contributed by atoms with van der Waals surface area (Å²) in [6.45, 7) is 4.78. The minimum absolute atomic E-state index is 0.0575. The third kappa shape index (κ3) is 5.88. The van der Waals surface area contributed by atoms with Crippen molar-refractivity contribution in [2.75, 3.05) is 47.0 Å². The van der Waals surface area contributed by atoms with E-state index in [4.69, 9.17) is 54.2 Å². The molecule has 2 heterocycles. The molecule has 2 saturated heterocycles. The molecule has 0 atom stereocenters.